The summed E-state index contributed by atoms with van der Waals surface area (Å²) in [4.78, 5) is 28.8. The second-order valence-electron chi connectivity index (χ2n) is 13.0. The first-order valence-corrected chi connectivity index (χ1v) is 17.5. The Hall–Kier alpha value is -2.41. The first-order chi connectivity index (χ1) is 21.0. The van der Waals surface area contributed by atoms with E-state index in [1.807, 2.05) is 0 Å². The lowest BCUT2D eigenvalue weighted by Crippen LogP contribution is -2.41. The molecule has 7 nitrogen and oxygen atoms in total. The van der Waals surface area contributed by atoms with E-state index in [-0.39, 0.29) is 16.7 Å². The van der Waals surface area contributed by atoms with Crippen LogP contribution < -0.4 is 0 Å². The van der Waals surface area contributed by atoms with Crippen LogP contribution in [0.1, 0.15) is 163 Å². The van der Waals surface area contributed by atoms with E-state index < -0.39 is 17.9 Å². The molecule has 266 valence electrons. The summed E-state index contributed by atoms with van der Waals surface area (Å²) in [6, 6.07) is 0. The van der Waals surface area contributed by atoms with E-state index in [0.29, 0.717) is 0 Å². The number of unbranched alkanes of at least 4 members (excludes halogenated alkanes) is 18. The summed E-state index contributed by atoms with van der Waals surface area (Å²) in [5.74, 6) is -2.81. The fraction of sp³-hybridized carbons (Fsp3) is 0.763. The third-order valence-electron chi connectivity index (χ3n) is 7.33. The van der Waals surface area contributed by atoms with Crippen molar-refractivity contribution in [3.63, 3.8) is 0 Å². The second-order valence-corrected chi connectivity index (χ2v) is 13.0. The Labute approximate surface area is 278 Å². The van der Waals surface area contributed by atoms with Gasteiger partial charge in [0.1, 0.15) is 0 Å². The molecule has 0 aromatic heterocycles. The first-order valence-electron chi connectivity index (χ1n) is 17.5. The molecule has 0 saturated heterocycles. The highest BCUT2D eigenvalue weighted by atomic mass is 16.4. The molecule has 0 atom stereocenters. The van der Waals surface area contributed by atoms with Gasteiger partial charge in [0.15, 0.2) is 0 Å². The van der Waals surface area contributed by atoms with E-state index in [1.54, 1.807) is 0 Å². The zero-order chi connectivity index (χ0) is 35.5. The van der Waals surface area contributed by atoms with Gasteiger partial charge in [0.25, 0.3) is 0 Å². The van der Waals surface area contributed by atoms with Gasteiger partial charge in [-0.15, -0.1) is 0 Å². The number of rotatable bonds is 25. The Balaban J connectivity index is -0.000000375. The van der Waals surface area contributed by atoms with Crippen molar-refractivity contribution in [1.82, 2.24) is 0 Å². The van der Waals surface area contributed by atoms with Crippen molar-refractivity contribution < 1.29 is 34.2 Å². The largest absolute Gasteiger partial charge is 0.478 e. The number of carbonyl (C=O) groups is 3. The molecule has 0 saturated carbocycles. The predicted octanol–water partition coefficient (Wildman–Crippen LogP) is 10.8. The van der Waals surface area contributed by atoms with Gasteiger partial charge in [0.05, 0.1) is 27.2 Å². The average Bonchev–Trinajstić information content (AvgIpc) is 2.95. The highest BCUT2D eigenvalue weighted by Gasteiger charge is 2.13. The van der Waals surface area contributed by atoms with Crippen LogP contribution in [0.15, 0.2) is 36.5 Å². The Kier molecular flexibility index (Phi) is 39.6. The summed E-state index contributed by atoms with van der Waals surface area (Å²) in [5, 5.41) is 23.7. The average molecular weight is 641 g/mol. The van der Waals surface area contributed by atoms with Gasteiger partial charge in [0.2, 0.25) is 0 Å². The molecule has 0 aromatic carbocycles. The summed E-state index contributed by atoms with van der Waals surface area (Å²) < 4.78 is 1.24. The second kappa shape index (κ2) is 36.1. The molecule has 0 fully saturated rings. The van der Waals surface area contributed by atoms with Crippen LogP contribution in [0.2, 0.25) is 0 Å². The number of aliphatic carboxylic acids is 3. The van der Waals surface area contributed by atoms with Gasteiger partial charge >= 0.3 is 17.9 Å². The number of carboxylic acid groups (broad SMARTS) is 3. The van der Waals surface area contributed by atoms with Crippen LogP contribution in [0.4, 0.5) is 0 Å². The predicted molar refractivity (Wildman–Crippen MR) is 193 cm³/mol. The quantitative estimate of drug-likeness (QED) is 0.0520. The van der Waals surface area contributed by atoms with Gasteiger partial charge in [-0.1, -0.05) is 136 Å². The minimum atomic E-state index is -0.935. The van der Waals surface area contributed by atoms with Crippen molar-refractivity contribution in [2.45, 2.75) is 163 Å². The van der Waals surface area contributed by atoms with Gasteiger partial charge in [-0.25, -0.2) is 14.4 Å². The molecule has 0 aromatic rings. The topological polar surface area (TPSA) is 112 Å². The Bertz CT molecular complexity index is 653. The summed E-state index contributed by atoms with van der Waals surface area (Å²) in [7, 11) is 4.89. The zero-order valence-electron chi connectivity index (χ0n) is 30.7. The maximum Gasteiger partial charge on any atom is 0.330 e. The molecule has 0 aliphatic rings. The van der Waals surface area contributed by atoms with Gasteiger partial charge in [-0.05, 0) is 46.5 Å². The van der Waals surface area contributed by atoms with E-state index in [4.69, 9.17) is 15.3 Å². The fourth-order valence-corrected chi connectivity index (χ4v) is 4.17. The molecule has 0 bridgehead atoms. The smallest absolute Gasteiger partial charge is 0.330 e. The van der Waals surface area contributed by atoms with E-state index in [1.165, 1.54) is 167 Å². The maximum absolute atomic E-state index is 9.60. The lowest BCUT2D eigenvalue weighted by atomic mass is 10.1. The third kappa shape index (κ3) is 51.5. The van der Waals surface area contributed by atoms with Crippen LogP contribution in [0.25, 0.3) is 0 Å². The van der Waals surface area contributed by atoms with Crippen LogP contribution in [0, 0.1) is 0 Å². The molecule has 0 heterocycles. The van der Waals surface area contributed by atoms with E-state index in [0.717, 1.165) is 0 Å². The van der Waals surface area contributed by atoms with Crippen molar-refractivity contribution in [3.8, 4) is 0 Å². The van der Waals surface area contributed by atoms with E-state index in [9.17, 15) is 14.4 Å². The third-order valence-corrected chi connectivity index (χ3v) is 7.33. The van der Waals surface area contributed by atoms with E-state index in [2.05, 4.69) is 47.7 Å². The normalized spacial score (nSPS) is 10.2. The monoisotopic (exact) mass is 641 g/mol. The van der Waals surface area contributed by atoms with Gasteiger partial charge < -0.3 is 19.8 Å². The van der Waals surface area contributed by atoms with Crippen LogP contribution >= 0.6 is 0 Å². The van der Waals surface area contributed by atoms with Crippen LogP contribution in [-0.4, -0.2) is 64.9 Å². The SMILES string of the molecule is C=C(C)C(=O)O.C=C(C)C(=O)O.C=C(C)C(=O)O.CCCCCCCCCCCC[N+](C)(C)CCCCCCCCCCCC. The van der Waals surface area contributed by atoms with Gasteiger partial charge in [0, 0.05) is 16.7 Å². The summed E-state index contributed by atoms with van der Waals surface area (Å²) >= 11 is 0. The molecule has 0 aliphatic carbocycles. The molecule has 0 unspecified atom stereocenters. The van der Waals surface area contributed by atoms with Gasteiger partial charge in [-0.2, -0.15) is 0 Å². The van der Waals surface area contributed by atoms with Crippen molar-refractivity contribution in [3.05, 3.63) is 36.5 Å². The Morgan fingerprint density at radius 1 is 0.422 bits per heavy atom. The van der Waals surface area contributed by atoms with Crippen LogP contribution in [-0.2, 0) is 14.4 Å². The molecular formula is C38H74NO6+. The molecule has 3 N–H and O–H groups in total. The molecule has 0 radical (unpaired) electrons. The molecule has 0 aliphatic heterocycles. The number of hydrogen-bond donors (Lipinski definition) is 3. The molecule has 0 amide bonds. The summed E-state index contributed by atoms with van der Waals surface area (Å²) in [6.07, 6.45) is 29.0. The lowest BCUT2D eigenvalue weighted by Gasteiger charge is -2.30. The molecule has 45 heavy (non-hydrogen) atoms. The standard InChI is InChI=1S/C26H56N.3C4H6O2/c1-5-7-9-11-13-15-17-19-21-23-25-27(3,4)26-24-22-20-18-16-14-12-10-8-6-2;3*1-3(2)4(5)6/h5-26H2,1-4H3;3*1H2,2H3,(H,5,6)/q+1;;;. The van der Waals surface area contributed by atoms with Crippen LogP contribution in [0.5, 0.6) is 0 Å². The highest BCUT2D eigenvalue weighted by molar-refractivity contribution is 5.85. The zero-order valence-corrected chi connectivity index (χ0v) is 30.7. The van der Waals surface area contributed by atoms with Crippen LogP contribution in [0.3, 0.4) is 0 Å². The molecule has 0 rings (SSSR count). The van der Waals surface area contributed by atoms with E-state index >= 15 is 0 Å². The first kappa shape index (κ1) is 49.5. The Morgan fingerprint density at radius 2 is 0.578 bits per heavy atom. The number of hydrogen-bond acceptors (Lipinski definition) is 3. The van der Waals surface area contributed by atoms with Crippen molar-refractivity contribution in [1.29, 1.82) is 0 Å². The van der Waals surface area contributed by atoms with Crippen molar-refractivity contribution >= 4 is 17.9 Å². The lowest BCUT2D eigenvalue weighted by molar-refractivity contribution is -0.890. The summed E-state index contributed by atoms with van der Waals surface area (Å²) in [6.45, 7) is 21.2. The number of carboxylic acids is 3. The number of quaternary nitrogens is 1. The minimum Gasteiger partial charge on any atom is -0.478 e. The fourth-order valence-electron chi connectivity index (χ4n) is 4.17. The highest BCUT2D eigenvalue weighted by Crippen LogP contribution is 2.14. The Morgan fingerprint density at radius 3 is 0.733 bits per heavy atom. The number of nitrogens with zero attached hydrogens (tertiary/aromatic N) is 1. The molecule has 0 spiro atoms. The van der Waals surface area contributed by atoms with Crippen molar-refractivity contribution in [2.75, 3.05) is 27.2 Å². The van der Waals surface area contributed by atoms with Crippen molar-refractivity contribution in [2.24, 2.45) is 0 Å². The molecular weight excluding hydrogens is 566 g/mol. The minimum absolute atomic E-state index is 0.176. The maximum atomic E-state index is 9.60. The summed E-state index contributed by atoms with van der Waals surface area (Å²) in [5.41, 5.74) is 0.528. The van der Waals surface area contributed by atoms with Gasteiger partial charge in [-0.3, -0.25) is 0 Å². The molecule has 7 heteroatoms.